The van der Waals surface area contributed by atoms with Crippen molar-refractivity contribution in [2.45, 2.75) is 18.9 Å². The molecule has 0 aromatic heterocycles. The summed E-state index contributed by atoms with van der Waals surface area (Å²) < 4.78 is 0.884. The van der Waals surface area contributed by atoms with Crippen LogP contribution in [0.15, 0.2) is 53.0 Å². The molecule has 1 aliphatic heterocycles. The number of para-hydroxylation sites is 1. The van der Waals surface area contributed by atoms with E-state index in [2.05, 4.69) is 21.2 Å². The van der Waals surface area contributed by atoms with Gasteiger partial charge in [-0.25, -0.2) is 4.79 Å². The topological polar surface area (TPSA) is 75.4 Å². The lowest BCUT2D eigenvalue weighted by molar-refractivity contribution is -0.119. The highest BCUT2D eigenvalue weighted by molar-refractivity contribution is 9.10. The minimum Gasteiger partial charge on any atom is -0.352 e. The van der Waals surface area contributed by atoms with Crippen molar-refractivity contribution in [3.63, 3.8) is 0 Å². The molecule has 24 heavy (non-hydrogen) atoms. The third-order valence-corrected chi connectivity index (χ3v) is 4.63. The molecule has 6 heteroatoms. The Bertz CT molecular complexity index is 778. The Balaban J connectivity index is 1.80. The van der Waals surface area contributed by atoms with E-state index < -0.39 is 12.1 Å². The van der Waals surface area contributed by atoms with Crippen LogP contribution in [0.1, 0.15) is 23.6 Å². The van der Waals surface area contributed by atoms with Crippen LogP contribution in [0.4, 0.5) is 10.5 Å². The molecule has 3 amide bonds. The van der Waals surface area contributed by atoms with E-state index in [0.29, 0.717) is 6.54 Å². The van der Waals surface area contributed by atoms with Gasteiger partial charge in [-0.2, -0.15) is 0 Å². The first-order valence-electron chi connectivity index (χ1n) is 7.74. The van der Waals surface area contributed by atoms with Gasteiger partial charge in [0.05, 0.1) is 12.5 Å². The molecule has 0 fully saturated rings. The number of nitrogens with zero attached hydrogens (tertiary/aromatic N) is 1. The molecule has 2 aromatic carbocycles. The van der Waals surface area contributed by atoms with E-state index in [1.165, 1.54) is 5.56 Å². The van der Waals surface area contributed by atoms with Crippen LogP contribution >= 0.6 is 15.9 Å². The van der Waals surface area contributed by atoms with E-state index in [0.717, 1.165) is 22.1 Å². The number of hydrogen-bond donors (Lipinski definition) is 2. The van der Waals surface area contributed by atoms with Gasteiger partial charge < -0.3 is 16.0 Å². The zero-order valence-corrected chi connectivity index (χ0v) is 14.6. The summed E-state index contributed by atoms with van der Waals surface area (Å²) in [6.07, 6.45) is 1.01. The number of carbonyl (C=O) groups excluding carboxylic acids is 2. The van der Waals surface area contributed by atoms with Gasteiger partial charge in [-0.1, -0.05) is 46.3 Å². The highest BCUT2D eigenvalue weighted by Crippen LogP contribution is 2.30. The molecule has 124 valence electrons. The first kappa shape index (κ1) is 16.5. The Labute approximate surface area is 149 Å². The lowest BCUT2D eigenvalue weighted by Crippen LogP contribution is -2.38. The van der Waals surface area contributed by atoms with E-state index in [9.17, 15) is 9.59 Å². The van der Waals surface area contributed by atoms with Crippen LogP contribution in [0.25, 0.3) is 0 Å². The Kier molecular flexibility index (Phi) is 4.85. The summed E-state index contributed by atoms with van der Waals surface area (Å²) in [6.45, 7) is 0.667. The van der Waals surface area contributed by atoms with Crippen molar-refractivity contribution in [2.24, 2.45) is 5.73 Å². The van der Waals surface area contributed by atoms with E-state index in [1.54, 1.807) is 4.90 Å². The molecule has 0 saturated heterocycles. The number of halogens is 1. The SMILES string of the molecule is NC(=O)N[C@@H](CC(=O)N1CCc2ccccc21)c1cccc(Br)c1. The fraction of sp³-hybridized carbons (Fsp3) is 0.222. The number of amides is 3. The minimum atomic E-state index is -0.644. The smallest absolute Gasteiger partial charge is 0.312 e. The molecule has 0 radical (unpaired) electrons. The van der Waals surface area contributed by atoms with Gasteiger partial charge in [0.25, 0.3) is 0 Å². The highest BCUT2D eigenvalue weighted by atomic mass is 79.9. The lowest BCUT2D eigenvalue weighted by Gasteiger charge is -2.22. The van der Waals surface area contributed by atoms with Crippen molar-refractivity contribution < 1.29 is 9.59 Å². The van der Waals surface area contributed by atoms with Crippen molar-refractivity contribution >= 4 is 33.6 Å². The standard InChI is InChI=1S/C18H18BrN3O2/c19-14-6-3-5-13(10-14)15(21-18(20)24)11-17(23)22-9-8-12-4-1-2-7-16(12)22/h1-7,10,15H,8-9,11H2,(H3,20,21,24)/t15-/m0/s1. The van der Waals surface area contributed by atoms with E-state index in [1.807, 2.05) is 48.5 Å². The van der Waals surface area contributed by atoms with Crippen LogP contribution in [-0.4, -0.2) is 18.5 Å². The largest absolute Gasteiger partial charge is 0.352 e. The van der Waals surface area contributed by atoms with Gasteiger partial charge in [-0.15, -0.1) is 0 Å². The van der Waals surface area contributed by atoms with Crippen molar-refractivity contribution in [2.75, 3.05) is 11.4 Å². The molecule has 0 saturated carbocycles. The average molecular weight is 388 g/mol. The van der Waals surface area contributed by atoms with Gasteiger partial charge >= 0.3 is 6.03 Å². The van der Waals surface area contributed by atoms with Gasteiger partial charge in [0.15, 0.2) is 0 Å². The fourth-order valence-electron chi connectivity index (χ4n) is 3.03. The van der Waals surface area contributed by atoms with Gasteiger partial charge in [-0.05, 0) is 35.7 Å². The van der Waals surface area contributed by atoms with Gasteiger partial charge in [0.1, 0.15) is 0 Å². The number of primary amides is 1. The Morgan fingerprint density at radius 2 is 2.00 bits per heavy atom. The summed E-state index contributed by atoms with van der Waals surface area (Å²) in [4.78, 5) is 25.9. The summed E-state index contributed by atoms with van der Waals surface area (Å²) in [5.74, 6) is -0.0290. The van der Waals surface area contributed by atoms with Crippen molar-refractivity contribution in [3.8, 4) is 0 Å². The molecule has 0 bridgehead atoms. The summed E-state index contributed by atoms with van der Waals surface area (Å²) >= 11 is 3.41. The quantitative estimate of drug-likeness (QED) is 0.845. The first-order chi connectivity index (χ1) is 11.5. The number of rotatable bonds is 4. The number of fused-ring (bicyclic) bond motifs is 1. The second kappa shape index (κ2) is 7.05. The molecule has 0 unspecified atom stereocenters. The summed E-state index contributed by atoms with van der Waals surface area (Å²) in [7, 11) is 0. The molecular weight excluding hydrogens is 370 g/mol. The van der Waals surface area contributed by atoms with Crippen molar-refractivity contribution in [3.05, 3.63) is 64.1 Å². The van der Waals surface area contributed by atoms with E-state index in [4.69, 9.17) is 5.73 Å². The first-order valence-corrected chi connectivity index (χ1v) is 8.53. The molecule has 1 atom stereocenters. The fourth-order valence-corrected chi connectivity index (χ4v) is 3.45. The zero-order chi connectivity index (χ0) is 17.1. The van der Waals surface area contributed by atoms with Crippen molar-refractivity contribution in [1.82, 2.24) is 5.32 Å². The normalized spacial score (nSPS) is 14.1. The number of nitrogens with two attached hydrogens (primary N) is 1. The molecule has 2 aromatic rings. The van der Waals surface area contributed by atoms with E-state index >= 15 is 0 Å². The highest BCUT2D eigenvalue weighted by Gasteiger charge is 2.27. The molecule has 0 spiro atoms. The summed E-state index contributed by atoms with van der Waals surface area (Å²) in [6, 6.07) is 14.3. The van der Waals surface area contributed by atoms with Crippen molar-refractivity contribution in [1.29, 1.82) is 0 Å². The number of hydrogen-bond acceptors (Lipinski definition) is 2. The third kappa shape index (κ3) is 3.59. The van der Waals surface area contributed by atoms with Crippen LogP contribution in [0.2, 0.25) is 0 Å². The third-order valence-electron chi connectivity index (χ3n) is 4.13. The zero-order valence-electron chi connectivity index (χ0n) is 13.0. The molecule has 1 heterocycles. The minimum absolute atomic E-state index is 0.0290. The number of urea groups is 1. The van der Waals surface area contributed by atoms with Crippen LogP contribution in [0.3, 0.4) is 0 Å². The van der Waals surface area contributed by atoms with Crippen LogP contribution in [0.5, 0.6) is 0 Å². The molecular formula is C18H18BrN3O2. The number of anilines is 1. The monoisotopic (exact) mass is 387 g/mol. The summed E-state index contributed by atoms with van der Waals surface area (Å²) in [5.41, 5.74) is 8.25. The molecule has 1 aliphatic rings. The number of benzene rings is 2. The van der Waals surface area contributed by atoms with Gasteiger partial charge in [-0.3, -0.25) is 4.79 Å². The maximum Gasteiger partial charge on any atom is 0.312 e. The van der Waals surface area contributed by atoms with E-state index in [-0.39, 0.29) is 12.3 Å². The molecule has 3 rings (SSSR count). The van der Waals surface area contributed by atoms with Crippen LogP contribution < -0.4 is 16.0 Å². The van der Waals surface area contributed by atoms with Gasteiger partial charge in [0, 0.05) is 16.7 Å². The maximum atomic E-state index is 12.8. The second-order valence-corrected chi connectivity index (χ2v) is 6.66. The Morgan fingerprint density at radius 1 is 1.21 bits per heavy atom. The lowest BCUT2D eigenvalue weighted by atomic mass is 10.0. The predicted molar refractivity (Wildman–Crippen MR) is 96.7 cm³/mol. The molecule has 0 aliphatic carbocycles. The Hall–Kier alpha value is -2.34. The predicted octanol–water partition coefficient (Wildman–Crippen LogP) is 3.14. The number of nitrogens with one attached hydrogen (secondary N) is 1. The second-order valence-electron chi connectivity index (χ2n) is 5.74. The Morgan fingerprint density at radius 3 is 2.75 bits per heavy atom. The number of carbonyl (C=O) groups is 2. The molecule has 5 nitrogen and oxygen atoms in total. The average Bonchev–Trinajstić information content (AvgIpc) is 2.98. The maximum absolute atomic E-state index is 12.8. The van der Waals surface area contributed by atoms with Crippen LogP contribution in [-0.2, 0) is 11.2 Å². The summed E-state index contributed by atoms with van der Waals surface area (Å²) in [5, 5.41) is 2.67. The van der Waals surface area contributed by atoms with Crippen LogP contribution in [0, 0.1) is 0 Å². The van der Waals surface area contributed by atoms with Gasteiger partial charge in [0.2, 0.25) is 5.91 Å². The molecule has 3 N–H and O–H groups in total.